The summed E-state index contributed by atoms with van der Waals surface area (Å²) in [5.74, 6) is 0.623. The van der Waals surface area contributed by atoms with Gasteiger partial charge in [0.15, 0.2) is 6.10 Å². The van der Waals surface area contributed by atoms with E-state index in [9.17, 15) is 4.79 Å². The van der Waals surface area contributed by atoms with E-state index in [0.717, 1.165) is 12.8 Å². The van der Waals surface area contributed by atoms with Crippen LogP contribution in [0.3, 0.4) is 0 Å². The van der Waals surface area contributed by atoms with Crippen molar-refractivity contribution in [3.8, 4) is 5.75 Å². The van der Waals surface area contributed by atoms with Crippen LogP contribution >= 0.6 is 11.6 Å². The van der Waals surface area contributed by atoms with Crippen molar-refractivity contribution in [2.75, 3.05) is 0 Å². The van der Waals surface area contributed by atoms with Crippen LogP contribution in [0.25, 0.3) is 0 Å². The zero-order valence-corrected chi connectivity index (χ0v) is 12.0. The molecule has 0 bridgehead atoms. The van der Waals surface area contributed by atoms with Crippen molar-refractivity contribution >= 4 is 17.5 Å². The molecule has 0 saturated heterocycles. The summed E-state index contributed by atoms with van der Waals surface area (Å²) in [6.45, 7) is 1.77. The van der Waals surface area contributed by atoms with E-state index in [0.29, 0.717) is 16.8 Å². The second-order valence-electron chi connectivity index (χ2n) is 5.06. The van der Waals surface area contributed by atoms with Crippen LogP contribution in [0.5, 0.6) is 5.75 Å². The standard InChI is InChI=1S/C15H20ClNO2/c1-11(19-14-9-7-12(16)8-10-14)15(18)17-13-5-3-2-4-6-13/h7-11,13H,2-6H2,1H3,(H,17,18)/t11-/m0/s1. The van der Waals surface area contributed by atoms with Gasteiger partial charge >= 0.3 is 0 Å². The predicted molar refractivity (Wildman–Crippen MR) is 76.6 cm³/mol. The maximum Gasteiger partial charge on any atom is 0.260 e. The zero-order valence-electron chi connectivity index (χ0n) is 11.2. The molecule has 2 rings (SSSR count). The van der Waals surface area contributed by atoms with Crippen LogP contribution in [-0.2, 0) is 4.79 Å². The summed E-state index contributed by atoms with van der Waals surface area (Å²) in [5, 5.41) is 3.72. The lowest BCUT2D eigenvalue weighted by Crippen LogP contribution is -2.43. The Balaban J connectivity index is 1.83. The van der Waals surface area contributed by atoms with Crippen LogP contribution in [0.4, 0.5) is 0 Å². The first-order chi connectivity index (χ1) is 9.15. The van der Waals surface area contributed by atoms with Crippen LogP contribution in [0.2, 0.25) is 5.02 Å². The Hall–Kier alpha value is -1.22. The van der Waals surface area contributed by atoms with Gasteiger partial charge < -0.3 is 10.1 Å². The monoisotopic (exact) mass is 281 g/mol. The van der Waals surface area contributed by atoms with E-state index in [1.54, 1.807) is 31.2 Å². The van der Waals surface area contributed by atoms with Crippen molar-refractivity contribution in [1.29, 1.82) is 0 Å². The van der Waals surface area contributed by atoms with Gasteiger partial charge in [-0.1, -0.05) is 30.9 Å². The number of ether oxygens (including phenoxy) is 1. The maximum absolute atomic E-state index is 12.0. The molecule has 3 nitrogen and oxygen atoms in total. The lowest BCUT2D eigenvalue weighted by Gasteiger charge is -2.24. The highest BCUT2D eigenvalue weighted by Gasteiger charge is 2.20. The molecule has 1 aromatic rings. The molecular formula is C15H20ClNO2. The second kappa shape index (κ2) is 6.80. The van der Waals surface area contributed by atoms with Crippen molar-refractivity contribution in [1.82, 2.24) is 5.32 Å². The number of benzene rings is 1. The van der Waals surface area contributed by atoms with Gasteiger partial charge in [0.2, 0.25) is 0 Å². The SMILES string of the molecule is C[C@H](Oc1ccc(Cl)cc1)C(=O)NC1CCCCC1. The molecule has 1 atom stereocenters. The molecule has 1 fully saturated rings. The number of hydrogen-bond donors (Lipinski definition) is 1. The Morgan fingerprint density at radius 3 is 2.53 bits per heavy atom. The molecule has 0 unspecified atom stereocenters. The molecule has 0 aromatic heterocycles. The fourth-order valence-corrected chi connectivity index (χ4v) is 2.46. The highest BCUT2D eigenvalue weighted by molar-refractivity contribution is 6.30. The highest BCUT2D eigenvalue weighted by Crippen LogP contribution is 2.19. The van der Waals surface area contributed by atoms with Gasteiger partial charge in [0.1, 0.15) is 5.75 Å². The van der Waals surface area contributed by atoms with Gasteiger partial charge in [-0.15, -0.1) is 0 Å². The minimum atomic E-state index is -0.483. The summed E-state index contributed by atoms with van der Waals surface area (Å²) in [4.78, 5) is 12.0. The van der Waals surface area contributed by atoms with Gasteiger partial charge in [0.25, 0.3) is 5.91 Å². The Kier molecular flexibility index (Phi) is 5.08. The van der Waals surface area contributed by atoms with E-state index >= 15 is 0 Å². The molecule has 1 amide bonds. The summed E-state index contributed by atoms with van der Waals surface area (Å²) in [5.41, 5.74) is 0. The average Bonchev–Trinajstić information content (AvgIpc) is 2.42. The molecule has 0 heterocycles. The topological polar surface area (TPSA) is 38.3 Å². The van der Waals surface area contributed by atoms with Crippen LogP contribution in [-0.4, -0.2) is 18.1 Å². The molecule has 1 saturated carbocycles. The molecule has 19 heavy (non-hydrogen) atoms. The minimum absolute atomic E-state index is 0.0400. The van der Waals surface area contributed by atoms with Gasteiger partial charge in [0.05, 0.1) is 0 Å². The van der Waals surface area contributed by atoms with Crippen LogP contribution in [0.15, 0.2) is 24.3 Å². The van der Waals surface area contributed by atoms with Crippen molar-refractivity contribution in [3.63, 3.8) is 0 Å². The fraction of sp³-hybridized carbons (Fsp3) is 0.533. The summed E-state index contributed by atoms with van der Waals surface area (Å²) in [6, 6.07) is 7.36. The highest BCUT2D eigenvalue weighted by atomic mass is 35.5. The number of hydrogen-bond acceptors (Lipinski definition) is 2. The summed E-state index contributed by atoms with van der Waals surface area (Å²) in [7, 11) is 0. The Morgan fingerprint density at radius 1 is 1.26 bits per heavy atom. The number of carbonyl (C=O) groups is 1. The minimum Gasteiger partial charge on any atom is -0.481 e. The Bertz CT molecular complexity index is 413. The number of nitrogens with one attached hydrogen (secondary N) is 1. The van der Waals surface area contributed by atoms with Crippen molar-refractivity contribution in [2.45, 2.75) is 51.2 Å². The Morgan fingerprint density at radius 2 is 1.89 bits per heavy atom. The second-order valence-corrected chi connectivity index (χ2v) is 5.49. The first-order valence-corrected chi connectivity index (χ1v) is 7.25. The maximum atomic E-state index is 12.0. The molecule has 4 heteroatoms. The fourth-order valence-electron chi connectivity index (χ4n) is 2.34. The number of carbonyl (C=O) groups excluding carboxylic acids is 1. The molecule has 0 aliphatic heterocycles. The molecule has 1 N–H and O–H groups in total. The van der Waals surface area contributed by atoms with E-state index in [4.69, 9.17) is 16.3 Å². The number of rotatable bonds is 4. The third-order valence-corrected chi connectivity index (χ3v) is 3.70. The van der Waals surface area contributed by atoms with E-state index in [2.05, 4.69) is 5.32 Å². The van der Waals surface area contributed by atoms with E-state index in [1.165, 1.54) is 19.3 Å². The molecule has 0 spiro atoms. The van der Waals surface area contributed by atoms with Gasteiger partial charge in [-0.2, -0.15) is 0 Å². The first-order valence-electron chi connectivity index (χ1n) is 6.88. The normalized spacial score (nSPS) is 17.8. The molecule has 1 aromatic carbocycles. The molecule has 1 aliphatic carbocycles. The quantitative estimate of drug-likeness (QED) is 0.916. The largest absolute Gasteiger partial charge is 0.481 e. The lowest BCUT2D eigenvalue weighted by atomic mass is 9.95. The van der Waals surface area contributed by atoms with Crippen LogP contribution in [0.1, 0.15) is 39.0 Å². The van der Waals surface area contributed by atoms with Gasteiger partial charge in [-0.3, -0.25) is 4.79 Å². The molecule has 104 valence electrons. The molecule has 0 radical (unpaired) electrons. The van der Waals surface area contributed by atoms with Crippen molar-refractivity contribution in [2.24, 2.45) is 0 Å². The zero-order chi connectivity index (χ0) is 13.7. The summed E-state index contributed by atoms with van der Waals surface area (Å²) in [6.07, 6.45) is 5.37. The lowest BCUT2D eigenvalue weighted by molar-refractivity contribution is -0.128. The summed E-state index contributed by atoms with van der Waals surface area (Å²) >= 11 is 5.80. The average molecular weight is 282 g/mol. The molecular weight excluding hydrogens is 262 g/mol. The number of amides is 1. The van der Waals surface area contributed by atoms with E-state index in [-0.39, 0.29) is 5.91 Å². The summed E-state index contributed by atoms with van der Waals surface area (Å²) < 4.78 is 5.60. The van der Waals surface area contributed by atoms with Gasteiger partial charge in [0, 0.05) is 11.1 Å². The van der Waals surface area contributed by atoms with Crippen molar-refractivity contribution in [3.05, 3.63) is 29.3 Å². The third-order valence-electron chi connectivity index (χ3n) is 3.45. The molecule has 1 aliphatic rings. The van der Waals surface area contributed by atoms with E-state index in [1.807, 2.05) is 0 Å². The van der Waals surface area contributed by atoms with Gasteiger partial charge in [-0.25, -0.2) is 0 Å². The predicted octanol–water partition coefficient (Wildman–Crippen LogP) is 3.56. The van der Waals surface area contributed by atoms with Crippen LogP contribution in [0, 0.1) is 0 Å². The third kappa shape index (κ3) is 4.43. The first kappa shape index (κ1) is 14.2. The Labute approximate surface area is 119 Å². The van der Waals surface area contributed by atoms with E-state index < -0.39 is 6.10 Å². The van der Waals surface area contributed by atoms with Gasteiger partial charge in [-0.05, 0) is 44.0 Å². The van der Waals surface area contributed by atoms with Crippen LogP contribution < -0.4 is 10.1 Å². The number of halogens is 1. The smallest absolute Gasteiger partial charge is 0.260 e. The van der Waals surface area contributed by atoms with Crippen molar-refractivity contribution < 1.29 is 9.53 Å².